The molecule has 0 unspecified atom stereocenters. The van der Waals surface area contributed by atoms with E-state index in [4.69, 9.17) is 5.84 Å². The molecule has 2 aromatic rings. The molecule has 4 heteroatoms. The van der Waals surface area contributed by atoms with Gasteiger partial charge in [-0.2, -0.15) is 0 Å². The molecular formula is C12H14N4. The number of aryl methyl sites for hydroxylation is 2. The molecule has 0 bridgehead atoms. The lowest BCUT2D eigenvalue weighted by atomic mass is 10.1. The number of hydrogen-bond acceptors (Lipinski definition) is 4. The molecule has 4 nitrogen and oxygen atoms in total. The van der Waals surface area contributed by atoms with Gasteiger partial charge in [0.05, 0.1) is 5.69 Å². The van der Waals surface area contributed by atoms with E-state index in [1.54, 1.807) is 0 Å². The lowest BCUT2D eigenvalue weighted by Crippen LogP contribution is -2.11. The van der Waals surface area contributed by atoms with Gasteiger partial charge in [-0.3, -0.25) is 5.43 Å². The van der Waals surface area contributed by atoms with Gasteiger partial charge in [-0.05, 0) is 25.5 Å². The summed E-state index contributed by atoms with van der Waals surface area (Å²) in [5.74, 6) is 5.77. The van der Waals surface area contributed by atoms with E-state index in [-0.39, 0.29) is 0 Å². The molecule has 0 fully saturated rings. The molecule has 0 aliphatic carbocycles. The number of nitrogens with zero attached hydrogens (tertiary/aromatic N) is 2. The number of hydrogen-bond donors (Lipinski definition) is 2. The van der Waals surface area contributed by atoms with E-state index >= 15 is 0 Å². The van der Waals surface area contributed by atoms with Crippen molar-refractivity contribution in [3.63, 3.8) is 0 Å². The second-order valence-corrected chi connectivity index (χ2v) is 3.68. The zero-order valence-corrected chi connectivity index (χ0v) is 9.36. The SMILES string of the molecule is Cc1cc(-c2ccccc2C)nc(NN)n1. The van der Waals surface area contributed by atoms with Crippen molar-refractivity contribution in [3.05, 3.63) is 41.6 Å². The summed E-state index contributed by atoms with van der Waals surface area (Å²) in [4.78, 5) is 8.50. The maximum atomic E-state index is 5.33. The summed E-state index contributed by atoms with van der Waals surface area (Å²) in [6.07, 6.45) is 0. The Morgan fingerprint density at radius 1 is 1.12 bits per heavy atom. The molecule has 82 valence electrons. The van der Waals surface area contributed by atoms with Gasteiger partial charge < -0.3 is 0 Å². The van der Waals surface area contributed by atoms with Gasteiger partial charge in [0, 0.05) is 11.3 Å². The minimum atomic E-state index is 0.443. The fraction of sp³-hybridized carbons (Fsp3) is 0.167. The first-order chi connectivity index (χ1) is 7.70. The summed E-state index contributed by atoms with van der Waals surface area (Å²) in [6, 6.07) is 10.0. The Balaban J connectivity index is 2.56. The van der Waals surface area contributed by atoms with Crippen LogP contribution in [0.3, 0.4) is 0 Å². The van der Waals surface area contributed by atoms with Gasteiger partial charge >= 0.3 is 0 Å². The van der Waals surface area contributed by atoms with Crippen LogP contribution in [0.1, 0.15) is 11.3 Å². The third-order valence-corrected chi connectivity index (χ3v) is 2.40. The third-order valence-electron chi connectivity index (χ3n) is 2.40. The molecule has 1 aromatic carbocycles. The number of aromatic nitrogens is 2. The minimum Gasteiger partial charge on any atom is -0.292 e. The van der Waals surface area contributed by atoms with Gasteiger partial charge in [0.1, 0.15) is 0 Å². The number of anilines is 1. The van der Waals surface area contributed by atoms with E-state index in [0.717, 1.165) is 17.0 Å². The Morgan fingerprint density at radius 3 is 2.56 bits per heavy atom. The Bertz CT molecular complexity index is 508. The molecule has 0 aliphatic heterocycles. The largest absolute Gasteiger partial charge is 0.292 e. The summed E-state index contributed by atoms with van der Waals surface area (Å²) in [6.45, 7) is 3.98. The van der Waals surface area contributed by atoms with Crippen molar-refractivity contribution in [1.29, 1.82) is 0 Å². The Kier molecular flexibility index (Phi) is 2.83. The first-order valence-corrected chi connectivity index (χ1v) is 5.09. The molecule has 1 aromatic heterocycles. The Morgan fingerprint density at radius 2 is 1.88 bits per heavy atom. The van der Waals surface area contributed by atoms with Crippen LogP contribution in [0.25, 0.3) is 11.3 Å². The highest BCUT2D eigenvalue weighted by Gasteiger charge is 2.05. The second kappa shape index (κ2) is 4.28. The molecule has 3 N–H and O–H groups in total. The molecule has 16 heavy (non-hydrogen) atoms. The van der Waals surface area contributed by atoms with Crippen LogP contribution in [0.15, 0.2) is 30.3 Å². The predicted octanol–water partition coefficient (Wildman–Crippen LogP) is 2.05. The first kappa shape index (κ1) is 10.6. The van der Waals surface area contributed by atoms with Crippen LogP contribution in [0.4, 0.5) is 5.95 Å². The first-order valence-electron chi connectivity index (χ1n) is 5.09. The van der Waals surface area contributed by atoms with Crippen molar-refractivity contribution in [1.82, 2.24) is 9.97 Å². The summed E-state index contributed by atoms with van der Waals surface area (Å²) in [5.41, 5.74) is 6.54. The quantitative estimate of drug-likeness (QED) is 0.593. The fourth-order valence-electron chi connectivity index (χ4n) is 1.63. The van der Waals surface area contributed by atoms with Crippen molar-refractivity contribution < 1.29 is 0 Å². The standard InChI is InChI=1S/C12H14N4/c1-8-5-3-4-6-10(8)11-7-9(2)14-12(15-11)16-13/h3-7H,13H2,1-2H3,(H,14,15,16). The fourth-order valence-corrected chi connectivity index (χ4v) is 1.63. The smallest absolute Gasteiger partial charge is 0.237 e. The molecule has 0 radical (unpaired) electrons. The average molecular weight is 214 g/mol. The molecule has 2 rings (SSSR count). The monoisotopic (exact) mass is 214 g/mol. The molecule has 0 saturated heterocycles. The summed E-state index contributed by atoms with van der Waals surface area (Å²) in [7, 11) is 0. The van der Waals surface area contributed by atoms with E-state index < -0.39 is 0 Å². The number of nitrogens with one attached hydrogen (secondary N) is 1. The van der Waals surface area contributed by atoms with Crippen molar-refractivity contribution in [2.24, 2.45) is 5.84 Å². The van der Waals surface area contributed by atoms with E-state index in [9.17, 15) is 0 Å². The number of nitrogens with two attached hydrogens (primary N) is 1. The van der Waals surface area contributed by atoms with Gasteiger partial charge in [0.25, 0.3) is 0 Å². The van der Waals surface area contributed by atoms with Gasteiger partial charge in [0.15, 0.2) is 0 Å². The lowest BCUT2D eigenvalue weighted by Gasteiger charge is -2.07. The second-order valence-electron chi connectivity index (χ2n) is 3.68. The van der Waals surface area contributed by atoms with Crippen LogP contribution in [0.2, 0.25) is 0 Å². The predicted molar refractivity (Wildman–Crippen MR) is 64.8 cm³/mol. The minimum absolute atomic E-state index is 0.443. The van der Waals surface area contributed by atoms with E-state index in [0.29, 0.717) is 5.95 Å². The van der Waals surface area contributed by atoms with Gasteiger partial charge in [-0.15, -0.1) is 0 Å². The zero-order valence-electron chi connectivity index (χ0n) is 9.36. The van der Waals surface area contributed by atoms with Crippen LogP contribution in [-0.4, -0.2) is 9.97 Å². The highest BCUT2D eigenvalue weighted by molar-refractivity contribution is 5.64. The van der Waals surface area contributed by atoms with E-state index in [2.05, 4.69) is 28.4 Å². The van der Waals surface area contributed by atoms with Crippen molar-refractivity contribution in [2.45, 2.75) is 13.8 Å². The van der Waals surface area contributed by atoms with Gasteiger partial charge in [-0.1, -0.05) is 24.3 Å². The van der Waals surface area contributed by atoms with Crippen molar-refractivity contribution in [3.8, 4) is 11.3 Å². The molecule has 0 spiro atoms. The topological polar surface area (TPSA) is 63.8 Å². The number of rotatable bonds is 2. The zero-order chi connectivity index (χ0) is 11.5. The van der Waals surface area contributed by atoms with E-state index in [1.807, 2.05) is 31.2 Å². The molecule has 0 saturated carbocycles. The molecule has 1 heterocycles. The highest BCUT2D eigenvalue weighted by Crippen LogP contribution is 2.22. The lowest BCUT2D eigenvalue weighted by molar-refractivity contribution is 1.07. The van der Waals surface area contributed by atoms with Crippen LogP contribution in [-0.2, 0) is 0 Å². The maximum absolute atomic E-state index is 5.33. The molecule has 0 aliphatic rings. The summed E-state index contributed by atoms with van der Waals surface area (Å²) < 4.78 is 0. The Hall–Kier alpha value is -1.94. The van der Waals surface area contributed by atoms with Crippen LogP contribution in [0, 0.1) is 13.8 Å². The number of nitrogen functional groups attached to an aromatic ring is 1. The van der Waals surface area contributed by atoms with Gasteiger partial charge in [0.2, 0.25) is 5.95 Å². The Labute approximate surface area is 94.5 Å². The average Bonchev–Trinajstić information content (AvgIpc) is 2.28. The van der Waals surface area contributed by atoms with Crippen molar-refractivity contribution >= 4 is 5.95 Å². The number of hydrazine groups is 1. The van der Waals surface area contributed by atoms with Crippen LogP contribution in [0.5, 0.6) is 0 Å². The van der Waals surface area contributed by atoms with Crippen LogP contribution >= 0.6 is 0 Å². The number of benzene rings is 1. The summed E-state index contributed by atoms with van der Waals surface area (Å²) in [5, 5.41) is 0. The molecule has 0 amide bonds. The third kappa shape index (κ3) is 2.01. The maximum Gasteiger partial charge on any atom is 0.237 e. The van der Waals surface area contributed by atoms with Gasteiger partial charge in [-0.25, -0.2) is 15.8 Å². The summed E-state index contributed by atoms with van der Waals surface area (Å²) >= 11 is 0. The van der Waals surface area contributed by atoms with Crippen LogP contribution < -0.4 is 11.3 Å². The van der Waals surface area contributed by atoms with Crippen molar-refractivity contribution in [2.75, 3.05) is 5.43 Å². The molecule has 0 atom stereocenters. The molecular weight excluding hydrogens is 200 g/mol. The van der Waals surface area contributed by atoms with E-state index in [1.165, 1.54) is 5.56 Å². The normalized spacial score (nSPS) is 10.2. The highest BCUT2D eigenvalue weighted by atomic mass is 15.3.